The number of fused-ring (bicyclic) bond motifs is 1. The Kier molecular flexibility index (Phi) is 4.80. The van der Waals surface area contributed by atoms with Gasteiger partial charge < -0.3 is 9.47 Å². The second kappa shape index (κ2) is 6.79. The second-order valence-electron chi connectivity index (χ2n) is 6.02. The van der Waals surface area contributed by atoms with E-state index in [0.717, 1.165) is 35.9 Å². The first-order valence-electron chi connectivity index (χ1n) is 7.80. The predicted molar refractivity (Wildman–Crippen MR) is 89.9 cm³/mol. The van der Waals surface area contributed by atoms with Crippen LogP contribution in [0.3, 0.4) is 0 Å². The van der Waals surface area contributed by atoms with Crippen LogP contribution in [0.2, 0.25) is 0 Å². The molecular formula is C16H24N4S. The lowest BCUT2D eigenvalue weighted by Gasteiger charge is -2.21. The van der Waals surface area contributed by atoms with Crippen LogP contribution >= 0.6 is 11.8 Å². The zero-order valence-corrected chi connectivity index (χ0v) is 13.8. The van der Waals surface area contributed by atoms with Gasteiger partial charge in [0.05, 0.1) is 0 Å². The molecule has 1 atom stereocenters. The van der Waals surface area contributed by atoms with Crippen molar-refractivity contribution in [2.24, 2.45) is 0 Å². The molecule has 0 aromatic carbocycles. The summed E-state index contributed by atoms with van der Waals surface area (Å²) in [5.41, 5.74) is 2.07. The molecule has 1 aliphatic rings. The highest BCUT2D eigenvalue weighted by Crippen LogP contribution is 2.28. The van der Waals surface area contributed by atoms with Crippen molar-refractivity contribution in [2.75, 3.05) is 26.4 Å². The van der Waals surface area contributed by atoms with E-state index in [1.165, 1.54) is 30.8 Å². The molecule has 0 spiro atoms. The van der Waals surface area contributed by atoms with Crippen LogP contribution < -0.4 is 0 Å². The van der Waals surface area contributed by atoms with Crippen LogP contribution in [-0.4, -0.2) is 51.1 Å². The maximum Gasteiger partial charge on any atom is 0.160 e. The molecule has 0 aliphatic carbocycles. The van der Waals surface area contributed by atoms with Crippen LogP contribution in [0.15, 0.2) is 18.3 Å². The van der Waals surface area contributed by atoms with Crippen molar-refractivity contribution in [3.8, 4) is 0 Å². The number of nitrogens with zero attached hydrogens (tertiary/aromatic N) is 4. The molecule has 5 heteroatoms. The number of rotatable bonds is 5. The first kappa shape index (κ1) is 14.9. The standard InChI is InChI=1S/C16H24N4S/c1-19(2)9-10-20-15(12-13-6-3-4-11-21-13)18-14-7-5-8-17-16(14)20/h5,7-8,13H,3-4,6,9-12H2,1-2H3. The summed E-state index contributed by atoms with van der Waals surface area (Å²) in [5.74, 6) is 2.52. The van der Waals surface area contributed by atoms with E-state index in [2.05, 4.69) is 46.4 Å². The molecule has 21 heavy (non-hydrogen) atoms. The zero-order valence-electron chi connectivity index (χ0n) is 13.0. The minimum Gasteiger partial charge on any atom is -0.311 e. The third kappa shape index (κ3) is 3.58. The molecule has 1 aliphatic heterocycles. The lowest BCUT2D eigenvalue weighted by Crippen LogP contribution is -2.21. The molecule has 0 saturated carbocycles. The van der Waals surface area contributed by atoms with Gasteiger partial charge in [-0.3, -0.25) is 0 Å². The van der Waals surface area contributed by atoms with Crippen molar-refractivity contribution in [1.82, 2.24) is 19.4 Å². The van der Waals surface area contributed by atoms with Gasteiger partial charge in [-0.05, 0) is 44.8 Å². The van der Waals surface area contributed by atoms with Gasteiger partial charge in [0.2, 0.25) is 0 Å². The Morgan fingerprint density at radius 2 is 2.29 bits per heavy atom. The summed E-state index contributed by atoms with van der Waals surface area (Å²) in [4.78, 5) is 11.6. The third-order valence-electron chi connectivity index (χ3n) is 4.04. The quantitative estimate of drug-likeness (QED) is 0.850. The monoisotopic (exact) mass is 304 g/mol. The number of hydrogen-bond donors (Lipinski definition) is 0. The van der Waals surface area contributed by atoms with Crippen LogP contribution in [0.4, 0.5) is 0 Å². The van der Waals surface area contributed by atoms with Crippen molar-refractivity contribution < 1.29 is 0 Å². The van der Waals surface area contributed by atoms with E-state index < -0.39 is 0 Å². The molecule has 0 radical (unpaired) electrons. The van der Waals surface area contributed by atoms with Gasteiger partial charge in [0.25, 0.3) is 0 Å². The normalized spacial score (nSPS) is 19.5. The third-order valence-corrected chi connectivity index (χ3v) is 5.44. The largest absolute Gasteiger partial charge is 0.311 e. The minimum atomic E-state index is 0.730. The fraction of sp³-hybridized carbons (Fsp3) is 0.625. The van der Waals surface area contributed by atoms with Gasteiger partial charge in [0.15, 0.2) is 5.65 Å². The van der Waals surface area contributed by atoms with E-state index in [-0.39, 0.29) is 0 Å². The highest BCUT2D eigenvalue weighted by atomic mass is 32.2. The molecular weight excluding hydrogens is 280 g/mol. The highest BCUT2D eigenvalue weighted by Gasteiger charge is 2.19. The maximum absolute atomic E-state index is 4.85. The van der Waals surface area contributed by atoms with E-state index in [0.29, 0.717) is 0 Å². The summed E-state index contributed by atoms with van der Waals surface area (Å²) in [6.45, 7) is 1.99. The lowest BCUT2D eigenvalue weighted by atomic mass is 10.1. The average Bonchev–Trinajstić information content (AvgIpc) is 2.83. The molecule has 114 valence electrons. The number of pyridine rings is 1. The molecule has 1 unspecified atom stereocenters. The van der Waals surface area contributed by atoms with Crippen LogP contribution in [0.25, 0.3) is 11.2 Å². The molecule has 1 saturated heterocycles. The van der Waals surface area contributed by atoms with Crippen LogP contribution in [0, 0.1) is 0 Å². The van der Waals surface area contributed by atoms with E-state index in [9.17, 15) is 0 Å². The molecule has 0 N–H and O–H groups in total. The fourth-order valence-corrected chi connectivity index (χ4v) is 4.17. The number of aromatic nitrogens is 3. The van der Waals surface area contributed by atoms with Crippen LogP contribution in [0.5, 0.6) is 0 Å². The summed E-state index contributed by atoms with van der Waals surface area (Å²) >= 11 is 2.12. The van der Waals surface area contributed by atoms with Crippen LogP contribution in [-0.2, 0) is 13.0 Å². The molecule has 3 rings (SSSR count). The lowest BCUT2D eigenvalue weighted by molar-refractivity contribution is 0.382. The van der Waals surface area contributed by atoms with Crippen molar-refractivity contribution in [3.63, 3.8) is 0 Å². The fourth-order valence-electron chi connectivity index (χ4n) is 2.87. The Morgan fingerprint density at radius 1 is 1.38 bits per heavy atom. The Morgan fingerprint density at radius 3 is 3.05 bits per heavy atom. The summed E-state index contributed by atoms with van der Waals surface area (Å²) in [6, 6.07) is 4.05. The maximum atomic E-state index is 4.85. The summed E-state index contributed by atoms with van der Waals surface area (Å²) in [5, 5.41) is 0.730. The molecule has 1 fully saturated rings. The van der Waals surface area contributed by atoms with Gasteiger partial charge >= 0.3 is 0 Å². The zero-order chi connectivity index (χ0) is 14.7. The highest BCUT2D eigenvalue weighted by molar-refractivity contribution is 7.99. The SMILES string of the molecule is CN(C)CCn1c(CC2CCCCS2)nc2cccnc21. The van der Waals surface area contributed by atoms with E-state index >= 15 is 0 Å². The number of thioether (sulfide) groups is 1. The number of hydrogen-bond acceptors (Lipinski definition) is 4. The minimum absolute atomic E-state index is 0.730. The smallest absolute Gasteiger partial charge is 0.160 e. The number of imidazole rings is 1. The van der Waals surface area contributed by atoms with Gasteiger partial charge in [-0.2, -0.15) is 11.8 Å². The van der Waals surface area contributed by atoms with Crippen molar-refractivity contribution >= 4 is 22.9 Å². The van der Waals surface area contributed by atoms with Crippen molar-refractivity contribution in [1.29, 1.82) is 0 Å². The first-order valence-corrected chi connectivity index (χ1v) is 8.85. The van der Waals surface area contributed by atoms with E-state index in [1.807, 2.05) is 12.3 Å². The van der Waals surface area contributed by atoms with Gasteiger partial charge in [-0.25, -0.2) is 9.97 Å². The Bertz CT molecular complexity index is 587. The molecule has 0 bridgehead atoms. The van der Waals surface area contributed by atoms with Crippen molar-refractivity contribution in [2.45, 2.75) is 37.5 Å². The average molecular weight is 304 g/mol. The molecule has 2 aromatic heterocycles. The molecule has 0 amide bonds. The first-order chi connectivity index (χ1) is 10.2. The van der Waals surface area contributed by atoms with Gasteiger partial charge in [0, 0.05) is 31.0 Å². The summed E-state index contributed by atoms with van der Waals surface area (Å²) in [6.07, 6.45) is 7.02. The van der Waals surface area contributed by atoms with Crippen LogP contribution in [0.1, 0.15) is 25.1 Å². The summed E-state index contributed by atoms with van der Waals surface area (Å²) < 4.78 is 2.32. The van der Waals surface area contributed by atoms with E-state index in [1.54, 1.807) is 0 Å². The summed E-state index contributed by atoms with van der Waals surface area (Å²) in [7, 11) is 4.23. The topological polar surface area (TPSA) is 34.0 Å². The van der Waals surface area contributed by atoms with Crippen molar-refractivity contribution in [3.05, 3.63) is 24.2 Å². The van der Waals surface area contributed by atoms with E-state index in [4.69, 9.17) is 4.98 Å². The predicted octanol–water partition coefficient (Wildman–Crippen LogP) is 2.82. The molecule has 3 heterocycles. The Hall–Kier alpha value is -1.07. The molecule has 4 nitrogen and oxygen atoms in total. The Labute approximate surface area is 130 Å². The van der Waals surface area contributed by atoms with Gasteiger partial charge in [-0.15, -0.1) is 0 Å². The number of likely N-dealkylation sites (N-methyl/N-ethyl adjacent to an activating group) is 1. The molecule has 2 aromatic rings. The van der Waals surface area contributed by atoms with Gasteiger partial charge in [-0.1, -0.05) is 6.42 Å². The Balaban J connectivity index is 1.86. The van der Waals surface area contributed by atoms with Gasteiger partial charge in [0.1, 0.15) is 11.3 Å². The second-order valence-corrected chi connectivity index (χ2v) is 7.43.